The Morgan fingerprint density at radius 3 is 2.61 bits per heavy atom. The second kappa shape index (κ2) is 10.5. The monoisotopic (exact) mass is 577 g/mol. The van der Waals surface area contributed by atoms with Crippen molar-refractivity contribution in [2.45, 2.75) is 69.5 Å². The van der Waals surface area contributed by atoms with Gasteiger partial charge in [-0.3, -0.25) is 19.2 Å². The molecule has 3 aromatic rings. The third-order valence-electron chi connectivity index (χ3n) is 8.85. The SMILES string of the molecule is C[C@H]1[C@H]([Si](C)(C)F)[C@@H](CCn2cc(CCO)nn2)O[C@]12C(=O)N(c1ccccc1)c1ccc(N3CCCC3=O)cc12. The van der Waals surface area contributed by atoms with E-state index in [1.54, 1.807) is 33.8 Å². The zero-order valence-corrected chi connectivity index (χ0v) is 24.7. The number of aromatic nitrogens is 3. The van der Waals surface area contributed by atoms with Crippen LogP contribution in [0.5, 0.6) is 0 Å². The summed E-state index contributed by atoms with van der Waals surface area (Å²) in [6.45, 7) is 6.37. The van der Waals surface area contributed by atoms with E-state index in [4.69, 9.17) is 4.74 Å². The van der Waals surface area contributed by atoms with Crippen molar-refractivity contribution < 1.29 is 23.5 Å². The zero-order chi connectivity index (χ0) is 28.9. The number of halogens is 1. The van der Waals surface area contributed by atoms with E-state index < -0.39 is 31.6 Å². The van der Waals surface area contributed by atoms with Crippen molar-refractivity contribution in [2.75, 3.05) is 23.0 Å². The topological polar surface area (TPSA) is 101 Å². The molecule has 2 amide bonds. The molecule has 41 heavy (non-hydrogen) atoms. The van der Waals surface area contributed by atoms with Gasteiger partial charge >= 0.3 is 0 Å². The number of amides is 2. The van der Waals surface area contributed by atoms with E-state index in [9.17, 15) is 14.7 Å². The number of hydrogen-bond donors (Lipinski definition) is 1. The molecule has 3 aliphatic heterocycles. The van der Waals surface area contributed by atoms with Gasteiger partial charge in [0.25, 0.3) is 5.91 Å². The first-order valence-corrected chi connectivity index (χ1v) is 17.3. The van der Waals surface area contributed by atoms with Crippen LogP contribution in [-0.2, 0) is 32.9 Å². The summed E-state index contributed by atoms with van der Waals surface area (Å²) in [5.74, 6) is -0.609. The highest BCUT2D eigenvalue weighted by atomic mass is 28.4. The molecular weight excluding hydrogens is 541 g/mol. The van der Waals surface area contributed by atoms with Crippen LogP contribution < -0.4 is 9.80 Å². The van der Waals surface area contributed by atoms with Gasteiger partial charge in [0.1, 0.15) is 0 Å². The molecule has 1 N–H and O–H groups in total. The summed E-state index contributed by atoms with van der Waals surface area (Å²) in [6, 6.07) is 15.1. The first kappa shape index (κ1) is 27.7. The van der Waals surface area contributed by atoms with E-state index in [0.29, 0.717) is 55.0 Å². The van der Waals surface area contributed by atoms with Crippen molar-refractivity contribution in [1.82, 2.24) is 15.0 Å². The first-order valence-electron chi connectivity index (χ1n) is 14.4. The lowest BCUT2D eigenvalue weighted by molar-refractivity contribution is -0.145. The predicted octanol–water partition coefficient (Wildman–Crippen LogP) is 4.48. The average Bonchev–Trinajstić information content (AvgIpc) is 3.70. The van der Waals surface area contributed by atoms with E-state index in [0.717, 1.165) is 12.1 Å². The summed E-state index contributed by atoms with van der Waals surface area (Å²) in [5, 5.41) is 17.5. The minimum Gasteiger partial charge on any atom is -0.396 e. The third-order valence-corrected chi connectivity index (χ3v) is 11.3. The molecule has 4 atom stereocenters. The lowest BCUT2D eigenvalue weighted by Gasteiger charge is -2.31. The number of aryl methyl sites for hydroxylation is 1. The molecule has 6 rings (SSSR count). The molecule has 11 heteroatoms. The standard InChI is InChI=1S/C30H36FN5O4Si/c1-20-28(41(2,3)31)26(13-16-34-19-21(14-17-37)32-33-34)40-30(20)24-18-23(35-15-7-10-27(35)38)11-12-25(24)36(29(30)39)22-8-5-4-6-9-22/h4-6,8-9,11-12,18-20,26,28,37H,7,10,13-17H2,1-3H3/t20-,26+,28-,30+/m0/s1. The maximum Gasteiger partial charge on any atom is 0.268 e. The number of hydrogen-bond acceptors (Lipinski definition) is 6. The van der Waals surface area contributed by atoms with E-state index >= 15 is 4.11 Å². The van der Waals surface area contributed by atoms with Crippen LogP contribution in [0.4, 0.5) is 21.2 Å². The number of aliphatic hydroxyl groups excluding tert-OH is 1. The van der Waals surface area contributed by atoms with Gasteiger partial charge in [-0.05, 0) is 56.3 Å². The van der Waals surface area contributed by atoms with Crippen LogP contribution in [0.25, 0.3) is 0 Å². The number of aliphatic hydroxyl groups is 1. The van der Waals surface area contributed by atoms with Crippen molar-refractivity contribution in [3.05, 3.63) is 66.0 Å². The Morgan fingerprint density at radius 1 is 1.15 bits per heavy atom. The Morgan fingerprint density at radius 2 is 1.93 bits per heavy atom. The van der Waals surface area contributed by atoms with Gasteiger partial charge in [0.2, 0.25) is 14.3 Å². The summed E-state index contributed by atoms with van der Waals surface area (Å²) in [6.07, 6.45) is 3.42. The quantitative estimate of drug-likeness (QED) is 0.313. The van der Waals surface area contributed by atoms with Crippen LogP contribution in [0.2, 0.25) is 18.6 Å². The van der Waals surface area contributed by atoms with Crippen molar-refractivity contribution >= 4 is 37.3 Å². The van der Waals surface area contributed by atoms with Crippen LogP contribution >= 0.6 is 0 Å². The Hall–Kier alpha value is -3.41. The van der Waals surface area contributed by atoms with Gasteiger partial charge in [-0.25, -0.2) is 0 Å². The maximum absolute atomic E-state index is 16.2. The van der Waals surface area contributed by atoms with Gasteiger partial charge in [0.05, 0.1) is 17.5 Å². The van der Waals surface area contributed by atoms with Crippen LogP contribution in [0.15, 0.2) is 54.7 Å². The third kappa shape index (κ3) is 4.60. The number of nitrogens with zero attached hydrogens (tertiary/aromatic N) is 5. The Kier molecular flexibility index (Phi) is 7.07. The van der Waals surface area contributed by atoms with E-state index in [-0.39, 0.29) is 18.4 Å². The Bertz CT molecular complexity index is 1460. The fraction of sp³-hybridized carbons (Fsp3) is 0.467. The van der Waals surface area contributed by atoms with Crippen molar-refractivity contribution in [2.24, 2.45) is 5.92 Å². The lowest BCUT2D eigenvalue weighted by Crippen LogP contribution is -2.44. The molecule has 4 heterocycles. The summed E-state index contributed by atoms with van der Waals surface area (Å²) in [4.78, 5) is 30.7. The van der Waals surface area contributed by atoms with E-state index in [1.165, 1.54) is 0 Å². The van der Waals surface area contributed by atoms with Gasteiger partial charge < -0.3 is 18.9 Å². The number of para-hydroxylation sites is 1. The van der Waals surface area contributed by atoms with Crippen LogP contribution in [0, 0.1) is 5.92 Å². The molecule has 9 nitrogen and oxygen atoms in total. The van der Waals surface area contributed by atoms with Gasteiger partial charge in [-0.2, -0.15) is 0 Å². The van der Waals surface area contributed by atoms with Gasteiger partial charge in [-0.1, -0.05) is 30.3 Å². The Labute approximate surface area is 240 Å². The van der Waals surface area contributed by atoms with Crippen LogP contribution in [-0.4, -0.2) is 59.6 Å². The fourth-order valence-electron chi connectivity index (χ4n) is 7.09. The molecular formula is C30H36FN5O4Si. The number of benzene rings is 2. The highest BCUT2D eigenvalue weighted by molar-refractivity contribution is 6.72. The predicted molar refractivity (Wildman–Crippen MR) is 155 cm³/mol. The molecule has 0 aliphatic carbocycles. The highest BCUT2D eigenvalue weighted by Crippen LogP contribution is 2.61. The minimum absolute atomic E-state index is 0.0153. The number of carbonyl (C=O) groups is 2. The van der Waals surface area contributed by atoms with Crippen molar-refractivity contribution in [3.8, 4) is 0 Å². The summed E-state index contributed by atoms with van der Waals surface area (Å²) in [5.41, 5.74) is 1.68. The largest absolute Gasteiger partial charge is 0.396 e. The smallest absolute Gasteiger partial charge is 0.268 e. The molecule has 216 valence electrons. The molecule has 0 unspecified atom stereocenters. The molecule has 2 saturated heterocycles. The molecule has 1 spiro atoms. The molecule has 2 aromatic carbocycles. The zero-order valence-electron chi connectivity index (χ0n) is 23.7. The van der Waals surface area contributed by atoms with Crippen molar-refractivity contribution in [1.29, 1.82) is 0 Å². The molecule has 0 radical (unpaired) electrons. The van der Waals surface area contributed by atoms with Crippen molar-refractivity contribution in [3.63, 3.8) is 0 Å². The number of fused-ring (bicyclic) bond motifs is 2. The summed E-state index contributed by atoms with van der Waals surface area (Å²) < 4.78 is 24.7. The number of carbonyl (C=O) groups excluding carboxylic acids is 2. The average molecular weight is 578 g/mol. The fourth-order valence-corrected chi connectivity index (χ4v) is 9.63. The summed E-state index contributed by atoms with van der Waals surface area (Å²) >= 11 is 0. The Balaban J connectivity index is 1.43. The van der Waals surface area contributed by atoms with Crippen LogP contribution in [0.1, 0.15) is 37.4 Å². The normalized spacial score (nSPS) is 26.0. The molecule has 3 aliphatic rings. The second-order valence-electron chi connectivity index (χ2n) is 11.8. The minimum atomic E-state index is -3.33. The maximum atomic E-state index is 16.2. The molecule has 1 aromatic heterocycles. The lowest BCUT2D eigenvalue weighted by atomic mass is 9.82. The van der Waals surface area contributed by atoms with Crippen LogP contribution in [0.3, 0.4) is 0 Å². The van der Waals surface area contributed by atoms with E-state index in [2.05, 4.69) is 10.3 Å². The molecule has 0 saturated carbocycles. The van der Waals surface area contributed by atoms with Gasteiger partial charge in [0.15, 0.2) is 5.60 Å². The second-order valence-corrected chi connectivity index (χ2v) is 15.6. The number of anilines is 3. The summed E-state index contributed by atoms with van der Waals surface area (Å²) in [7, 11) is -3.33. The van der Waals surface area contributed by atoms with Gasteiger partial charge in [0, 0.05) is 67.1 Å². The van der Waals surface area contributed by atoms with E-state index in [1.807, 2.05) is 55.5 Å². The van der Waals surface area contributed by atoms with Gasteiger partial charge in [-0.15, -0.1) is 5.10 Å². The molecule has 0 bridgehead atoms. The number of rotatable bonds is 8. The first-order chi connectivity index (χ1) is 19.6. The number of ether oxygens (including phenoxy) is 1. The highest BCUT2D eigenvalue weighted by Gasteiger charge is 2.67. The molecule has 2 fully saturated rings.